The summed E-state index contributed by atoms with van der Waals surface area (Å²) < 4.78 is 0. The molecule has 0 bridgehead atoms. The zero-order valence-electron chi connectivity index (χ0n) is 18.8. The van der Waals surface area contributed by atoms with E-state index < -0.39 is 0 Å². The molecule has 1 saturated carbocycles. The molecule has 2 aromatic rings. The van der Waals surface area contributed by atoms with Gasteiger partial charge in [0.15, 0.2) is 5.78 Å². The standard InChI is InChI=1S/C29H30N2O/c32-29-25(17-19-13-21-3-1-9-30-11-7-23(15-19)27(21)30)5-6-26(29)18-20-14-22-4-2-10-31-12-8-24(16-20)28(22)31/h13-18H,1-12H2. The molecule has 0 N–H and O–H groups in total. The van der Waals surface area contributed by atoms with Gasteiger partial charge >= 0.3 is 0 Å². The molecule has 0 atom stereocenters. The highest BCUT2D eigenvalue weighted by molar-refractivity contribution is 6.15. The molecule has 1 fully saturated rings. The molecule has 1 aliphatic carbocycles. The Kier molecular flexibility index (Phi) is 4.15. The number of Topliss-reactive ketones (excluding diaryl/α,β-unsaturated/α-hetero) is 1. The molecule has 4 aliphatic heterocycles. The lowest BCUT2D eigenvalue weighted by Crippen LogP contribution is -2.26. The van der Waals surface area contributed by atoms with Gasteiger partial charge in [-0.2, -0.15) is 0 Å². The summed E-state index contributed by atoms with van der Waals surface area (Å²) in [6, 6.07) is 9.36. The number of allylic oxidation sites excluding steroid dienone is 2. The Bertz CT molecular complexity index is 1120. The normalized spacial score (nSPS) is 23.4. The quantitative estimate of drug-likeness (QED) is 0.627. The van der Waals surface area contributed by atoms with Crippen LogP contribution in [-0.4, -0.2) is 32.0 Å². The molecule has 0 unspecified atom stereocenters. The van der Waals surface area contributed by atoms with Crippen molar-refractivity contribution in [2.75, 3.05) is 36.0 Å². The topological polar surface area (TPSA) is 23.6 Å². The molecule has 162 valence electrons. The van der Waals surface area contributed by atoms with Crippen molar-refractivity contribution in [2.45, 2.75) is 51.4 Å². The zero-order chi connectivity index (χ0) is 21.2. The van der Waals surface area contributed by atoms with Gasteiger partial charge in [0.25, 0.3) is 0 Å². The van der Waals surface area contributed by atoms with E-state index in [-0.39, 0.29) is 5.78 Å². The fourth-order valence-corrected chi connectivity index (χ4v) is 6.80. The van der Waals surface area contributed by atoms with Crippen LogP contribution in [0.15, 0.2) is 35.4 Å². The number of nitrogens with zero attached hydrogens (tertiary/aromatic N) is 2. The van der Waals surface area contributed by atoms with E-state index in [1.807, 2.05) is 0 Å². The van der Waals surface area contributed by atoms with Crippen molar-refractivity contribution in [3.63, 3.8) is 0 Å². The van der Waals surface area contributed by atoms with Gasteiger partial charge in [-0.05, 0) is 121 Å². The number of rotatable bonds is 2. The maximum Gasteiger partial charge on any atom is 0.185 e. The molecule has 32 heavy (non-hydrogen) atoms. The van der Waals surface area contributed by atoms with Gasteiger partial charge < -0.3 is 9.80 Å². The molecule has 4 heterocycles. The fourth-order valence-electron chi connectivity index (χ4n) is 6.80. The summed E-state index contributed by atoms with van der Waals surface area (Å²) in [5.41, 5.74) is 13.4. The molecular formula is C29H30N2O. The third kappa shape index (κ3) is 2.90. The summed E-state index contributed by atoms with van der Waals surface area (Å²) in [6.07, 6.45) is 13.2. The maximum atomic E-state index is 13.3. The molecule has 7 rings (SSSR count). The second kappa shape index (κ2) is 7.10. The SMILES string of the molecule is O=C1C(=Cc2cc3c4c(c2)CCN4CCC3)CCC1=Cc1cc2c3c(c1)CCN3CCC2. The number of benzene rings is 2. The highest BCUT2D eigenvalue weighted by Crippen LogP contribution is 2.40. The first-order chi connectivity index (χ1) is 15.7. The first-order valence-corrected chi connectivity index (χ1v) is 12.5. The number of hydrogen-bond acceptors (Lipinski definition) is 3. The predicted octanol–water partition coefficient (Wildman–Crippen LogP) is 5.13. The van der Waals surface area contributed by atoms with Crippen LogP contribution in [0.5, 0.6) is 0 Å². The van der Waals surface area contributed by atoms with Crippen molar-refractivity contribution in [1.82, 2.24) is 0 Å². The Morgan fingerprint density at radius 1 is 0.562 bits per heavy atom. The van der Waals surface area contributed by atoms with E-state index in [1.54, 1.807) is 0 Å². The van der Waals surface area contributed by atoms with Crippen molar-refractivity contribution in [1.29, 1.82) is 0 Å². The first kappa shape index (κ1) is 18.7. The van der Waals surface area contributed by atoms with Crippen LogP contribution in [0.4, 0.5) is 11.4 Å². The van der Waals surface area contributed by atoms with Crippen LogP contribution in [0, 0.1) is 0 Å². The molecule has 5 aliphatic rings. The van der Waals surface area contributed by atoms with Gasteiger partial charge in [0.1, 0.15) is 0 Å². The molecule has 3 nitrogen and oxygen atoms in total. The largest absolute Gasteiger partial charge is 0.371 e. The number of aryl methyl sites for hydroxylation is 2. The van der Waals surface area contributed by atoms with Crippen LogP contribution in [0.2, 0.25) is 0 Å². The fraction of sp³-hybridized carbons (Fsp3) is 0.414. The van der Waals surface area contributed by atoms with E-state index in [0.717, 1.165) is 49.9 Å². The third-order valence-electron chi connectivity index (χ3n) is 8.19. The van der Waals surface area contributed by atoms with Gasteiger partial charge in [-0.25, -0.2) is 0 Å². The third-order valence-corrected chi connectivity index (χ3v) is 8.19. The predicted molar refractivity (Wildman–Crippen MR) is 132 cm³/mol. The molecule has 0 aromatic heterocycles. The van der Waals surface area contributed by atoms with E-state index in [2.05, 4.69) is 46.2 Å². The van der Waals surface area contributed by atoms with E-state index in [1.165, 1.54) is 83.5 Å². The lowest BCUT2D eigenvalue weighted by atomic mass is 9.95. The number of hydrogen-bond donors (Lipinski definition) is 0. The number of ketones is 1. The van der Waals surface area contributed by atoms with Crippen LogP contribution < -0.4 is 9.80 Å². The minimum absolute atomic E-state index is 0.261. The van der Waals surface area contributed by atoms with E-state index in [9.17, 15) is 4.79 Å². The maximum absolute atomic E-state index is 13.3. The highest BCUT2D eigenvalue weighted by Gasteiger charge is 2.28. The van der Waals surface area contributed by atoms with Crippen molar-refractivity contribution >= 4 is 29.3 Å². The van der Waals surface area contributed by atoms with Crippen LogP contribution in [0.1, 0.15) is 59.1 Å². The van der Waals surface area contributed by atoms with Crippen molar-refractivity contribution in [2.24, 2.45) is 0 Å². The van der Waals surface area contributed by atoms with E-state index in [4.69, 9.17) is 0 Å². The number of anilines is 2. The van der Waals surface area contributed by atoms with Crippen LogP contribution in [0.3, 0.4) is 0 Å². The zero-order valence-corrected chi connectivity index (χ0v) is 18.8. The van der Waals surface area contributed by atoms with Crippen LogP contribution in [0.25, 0.3) is 12.2 Å². The average molecular weight is 423 g/mol. The first-order valence-electron chi connectivity index (χ1n) is 12.5. The number of carbonyl (C=O) groups is 1. The Morgan fingerprint density at radius 3 is 1.47 bits per heavy atom. The van der Waals surface area contributed by atoms with E-state index in [0.29, 0.717) is 0 Å². The average Bonchev–Trinajstić information content (AvgIpc) is 3.50. The molecular weight excluding hydrogens is 392 g/mol. The van der Waals surface area contributed by atoms with Crippen molar-refractivity contribution in [3.05, 3.63) is 68.8 Å². The van der Waals surface area contributed by atoms with Gasteiger partial charge in [0, 0.05) is 48.7 Å². The number of carbonyl (C=O) groups excluding carboxylic acids is 1. The second-order valence-corrected chi connectivity index (χ2v) is 10.2. The highest BCUT2D eigenvalue weighted by atomic mass is 16.1. The van der Waals surface area contributed by atoms with Crippen LogP contribution >= 0.6 is 0 Å². The Balaban J connectivity index is 1.19. The van der Waals surface area contributed by atoms with Gasteiger partial charge in [0.2, 0.25) is 0 Å². The summed E-state index contributed by atoms with van der Waals surface area (Å²) >= 11 is 0. The van der Waals surface area contributed by atoms with Gasteiger partial charge in [0.05, 0.1) is 0 Å². The molecule has 0 saturated heterocycles. The Morgan fingerprint density at radius 2 is 1.00 bits per heavy atom. The van der Waals surface area contributed by atoms with Gasteiger partial charge in [-0.3, -0.25) is 4.79 Å². The second-order valence-electron chi connectivity index (χ2n) is 10.2. The molecule has 0 amide bonds. The summed E-state index contributed by atoms with van der Waals surface area (Å²) in [5.74, 6) is 0.261. The summed E-state index contributed by atoms with van der Waals surface area (Å²) in [7, 11) is 0. The monoisotopic (exact) mass is 422 g/mol. The summed E-state index contributed by atoms with van der Waals surface area (Å²) in [5, 5.41) is 0. The van der Waals surface area contributed by atoms with Crippen molar-refractivity contribution < 1.29 is 4.79 Å². The lowest BCUT2D eigenvalue weighted by molar-refractivity contribution is -0.111. The van der Waals surface area contributed by atoms with Crippen LogP contribution in [-0.2, 0) is 30.5 Å². The Hall–Kier alpha value is -2.81. The minimum atomic E-state index is 0.261. The van der Waals surface area contributed by atoms with Crippen molar-refractivity contribution in [3.8, 4) is 0 Å². The molecule has 0 radical (unpaired) electrons. The summed E-state index contributed by atoms with van der Waals surface area (Å²) in [4.78, 5) is 18.4. The van der Waals surface area contributed by atoms with Gasteiger partial charge in [-0.1, -0.05) is 0 Å². The van der Waals surface area contributed by atoms with Gasteiger partial charge in [-0.15, -0.1) is 0 Å². The molecule has 3 heteroatoms. The van der Waals surface area contributed by atoms with E-state index >= 15 is 0 Å². The minimum Gasteiger partial charge on any atom is -0.371 e. The molecule has 2 aromatic carbocycles. The lowest BCUT2D eigenvalue weighted by Gasteiger charge is -2.27. The molecule has 0 spiro atoms. The Labute approximate surface area is 190 Å². The summed E-state index contributed by atoms with van der Waals surface area (Å²) in [6.45, 7) is 4.73. The smallest absolute Gasteiger partial charge is 0.185 e.